The molecule has 0 saturated carbocycles. The summed E-state index contributed by atoms with van der Waals surface area (Å²) in [4.78, 5) is 34.7. The van der Waals surface area contributed by atoms with Gasteiger partial charge in [-0.15, -0.1) is 0 Å². The molecule has 2 amide bonds. The van der Waals surface area contributed by atoms with E-state index in [2.05, 4.69) is 5.32 Å². The zero-order valence-corrected chi connectivity index (χ0v) is 15.9. The fourth-order valence-corrected chi connectivity index (χ4v) is 3.80. The number of carboxylic acid groups (broad SMARTS) is 1. The summed E-state index contributed by atoms with van der Waals surface area (Å²) in [5.74, 6) is -0.750. The number of aromatic carboxylic acids is 1. The Bertz CT molecular complexity index is 1150. The number of nitrogens with zero attached hydrogens (tertiary/aromatic N) is 1. The first-order valence-electron chi connectivity index (χ1n) is 8.80. The maximum absolute atomic E-state index is 11.6. The highest BCUT2D eigenvalue weighted by Crippen LogP contribution is 2.26. The molecule has 0 aliphatic carbocycles. The minimum atomic E-state index is -0.981. The van der Waals surface area contributed by atoms with E-state index in [1.807, 2.05) is 24.3 Å². The van der Waals surface area contributed by atoms with E-state index in [0.29, 0.717) is 23.8 Å². The Labute approximate surface area is 170 Å². The summed E-state index contributed by atoms with van der Waals surface area (Å²) in [6, 6.07) is 16.2. The SMILES string of the molecule is O=C1NC(=O)/C(=C\c2ccc(OCCn3c(C(=O)O)cc4ccccc43)cc2)S1. The van der Waals surface area contributed by atoms with Crippen molar-refractivity contribution in [2.45, 2.75) is 6.54 Å². The van der Waals surface area contributed by atoms with Gasteiger partial charge in [0.1, 0.15) is 18.1 Å². The van der Waals surface area contributed by atoms with Crippen molar-refractivity contribution >= 4 is 45.9 Å². The predicted molar refractivity (Wildman–Crippen MR) is 110 cm³/mol. The van der Waals surface area contributed by atoms with Crippen molar-refractivity contribution in [3.05, 3.63) is 70.8 Å². The van der Waals surface area contributed by atoms with Gasteiger partial charge >= 0.3 is 5.97 Å². The van der Waals surface area contributed by atoms with E-state index in [0.717, 1.165) is 28.2 Å². The molecule has 2 N–H and O–H groups in total. The monoisotopic (exact) mass is 408 g/mol. The Kier molecular flexibility index (Phi) is 5.09. The smallest absolute Gasteiger partial charge is 0.352 e. The number of hydrogen-bond acceptors (Lipinski definition) is 5. The quantitative estimate of drug-likeness (QED) is 0.603. The Morgan fingerprint density at radius 1 is 1.14 bits per heavy atom. The summed E-state index contributed by atoms with van der Waals surface area (Å²) < 4.78 is 7.48. The zero-order valence-electron chi connectivity index (χ0n) is 15.1. The van der Waals surface area contributed by atoms with E-state index in [9.17, 15) is 19.5 Å². The zero-order chi connectivity index (χ0) is 20.4. The van der Waals surface area contributed by atoms with Crippen molar-refractivity contribution < 1.29 is 24.2 Å². The number of para-hydroxylation sites is 1. The number of hydrogen-bond donors (Lipinski definition) is 2. The summed E-state index contributed by atoms with van der Waals surface area (Å²) in [6.45, 7) is 0.687. The molecule has 0 unspecified atom stereocenters. The van der Waals surface area contributed by atoms with Crippen LogP contribution in [0.3, 0.4) is 0 Å². The minimum absolute atomic E-state index is 0.221. The van der Waals surface area contributed by atoms with E-state index in [-0.39, 0.29) is 10.9 Å². The number of fused-ring (bicyclic) bond motifs is 1. The van der Waals surface area contributed by atoms with Gasteiger partial charge in [0.05, 0.1) is 11.4 Å². The molecule has 0 radical (unpaired) electrons. The molecular formula is C21H16N2O5S. The van der Waals surface area contributed by atoms with E-state index < -0.39 is 11.9 Å². The molecule has 0 bridgehead atoms. The van der Waals surface area contributed by atoms with Gasteiger partial charge in [-0.25, -0.2) is 4.79 Å². The number of nitrogens with one attached hydrogen (secondary N) is 1. The van der Waals surface area contributed by atoms with E-state index in [1.165, 1.54) is 0 Å². The molecule has 0 spiro atoms. The third kappa shape index (κ3) is 4.02. The van der Waals surface area contributed by atoms with Gasteiger partial charge in [0, 0.05) is 10.9 Å². The molecule has 1 aliphatic heterocycles. The van der Waals surface area contributed by atoms with Gasteiger partial charge in [-0.3, -0.25) is 14.9 Å². The molecule has 4 rings (SSSR count). The van der Waals surface area contributed by atoms with Crippen LogP contribution in [0.15, 0.2) is 59.5 Å². The van der Waals surface area contributed by atoms with Crippen LogP contribution in [-0.2, 0) is 11.3 Å². The number of carbonyl (C=O) groups is 3. The lowest BCUT2D eigenvalue weighted by Gasteiger charge is -2.10. The molecule has 2 heterocycles. The van der Waals surface area contributed by atoms with Crippen LogP contribution in [0.5, 0.6) is 5.75 Å². The number of rotatable bonds is 6. The topological polar surface area (TPSA) is 97.6 Å². The maximum Gasteiger partial charge on any atom is 0.352 e. The average molecular weight is 408 g/mol. The van der Waals surface area contributed by atoms with E-state index in [1.54, 1.807) is 41.0 Å². The van der Waals surface area contributed by atoms with Crippen LogP contribution >= 0.6 is 11.8 Å². The van der Waals surface area contributed by atoms with Crippen molar-refractivity contribution in [2.75, 3.05) is 6.61 Å². The Hall–Kier alpha value is -3.52. The van der Waals surface area contributed by atoms with Crippen LogP contribution < -0.4 is 10.1 Å². The van der Waals surface area contributed by atoms with Crippen molar-refractivity contribution in [3.8, 4) is 5.75 Å². The largest absolute Gasteiger partial charge is 0.492 e. The maximum atomic E-state index is 11.6. The summed E-state index contributed by atoms with van der Waals surface area (Å²) in [6.07, 6.45) is 1.64. The second kappa shape index (κ2) is 7.84. The van der Waals surface area contributed by atoms with Crippen molar-refractivity contribution in [3.63, 3.8) is 0 Å². The molecule has 7 nitrogen and oxygen atoms in total. The average Bonchev–Trinajstić information content (AvgIpc) is 3.23. The van der Waals surface area contributed by atoms with Gasteiger partial charge in [-0.2, -0.15) is 0 Å². The second-order valence-electron chi connectivity index (χ2n) is 6.31. The summed E-state index contributed by atoms with van der Waals surface area (Å²) in [5, 5.41) is 12.2. The number of aromatic nitrogens is 1. The van der Waals surface area contributed by atoms with Crippen LogP contribution in [0, 0.1) is 0 Å². The second-order valence-corrected chi connectivity index (χ2v) is 7.33. The Morgan fingerprint density at radius 2 is 1.90 bits per heavy atom. The van der Waals surface area contributed by atoms with Gasteiger partial charge in [0.25, 0.3) is 11.1 Å². The van der Waals surface area contributed by atoms with Gasteiger partial charge in [0.15, 0.2) is 0 Å². The predicted octanol–water partition coefficient (Wildman–Crippen LogP) is 3.74. The molecule has 29 heavy (non-hydrogen) atoms. The number of imide groups is 1. The lowest BCUT2D eigenvalue weighted by atomic mass is 10.2. The number of carbonyl (C=O) groups excluding carboxylic acids is 2. The number of thioether (sulfide) groups is 1. The number of benzene rings is 2. The lowest BCUT2D eigenvalue weighted by Crippen LogP contribution is -2.17. The number of amides is 2. The highest BCUT2D eigenvalue weighted by molar-refractivity contribution is 8.18. The van der Waals surface area contributed by atoms with Gasteiger partial charge in [0.2, 0.25) is 0 Å². The van der Waals surface area contributed by atoms with Gasteiger partial charge in [-0.05, 0) is 47.7 Å². The molecule has 0 atom stereocenters. The third-order valence-corrected chi connectivity index (χ3v) is 5.24. The van der Waals surface area contributed by atoms with Crippen LogP contribution in [-0.4, -0.2) is 33.4 Å². The van der Waals surface area contributed by atoms with E-state index >= 15 is 0 Å². The highest BCUT2D eigenvalue weighted by atomic mass is 32.2. The number of ether oxygens (including phenoxy) is 1. The third-order valence-electron chi connectivity index (χ3n) is 4.43. The van der Waals surface area contributed by atoms with Crippen LogP contribution in [0.2, 0.25) is 0 Å². The van der Waals surface area contributed by atoms with Gasteiger partial charge < -0.3 is 14.4 Å². The fraction of sp³-hybridized carbons (Fsp3) is 0.0952. The highest BCUT2D eigenvalue weighted by Gasteiger charge is 2.24. The molecule has 1 aliphatic rings. The molecule has 1 saturated heterocycles. The normalized spacial score (nSPS) is 15.1. The Morgan fingerprint density at radius 3 is 2.59 bits per heavy atom. The van der Waals surface area contributed by atoms with Crippen LogP contribution in [0.4, 0.5) is 4.79 Å². The lowest BCUT2D eigenvalue weighted by molar-refractivity contribution is -0.115. The summed E-state index contributed by atoms with van der Waals surface area (Å²) in [5.41, 5.74) is 1.84. The van der Waals surface area contributed by atoms with Crippen molar-refractivity contribution in [1.29, 1.82) is 0 Å². The van der Waals surface area contributed by atoms with Gasteiger partial charge in [-0.1, -0.05) is 30.3 Å². The van der Waals surface area contributed by atoms with Crippen molar-refractivity contribution in [2.24, 2.45) is 0 Å². The Balaban J connectivity index is 1.43. The molecule has 3 aromatic rings. The first-order valence-corrected chi connectivity index (χ1v) is 9.62. The molecule has 8 heteroatoms. The number of carboxylic acids is 1. The van der Waals surface area contributed by atoms with Crippen LogP contribution in [0.1, 0.15) is 16.1 Å². The molecule has 2 aromatic carbocycles. The first-order chi connectivity index (χ1) is 14.0. The standard InChI is InChI=1S/C21H16N2O5S/c24-19-18(29-21(27)22-19)11-13-5-7-15(8-6-13)28-10-9-23-16-4-2-1-3-14(16)12-17(23)20(25)26/h1-8,11-12H,9-10H2,(H,25,26)(H,22,24,27)/b18-11+. The van der Waals surface area contributed by atoms with E-state index in [4.69, 9.17) is 4.74 Å². The van der Waals surface area contributed by atoms with Crippen LogP contribution in [0.25, 0.3) is 17.0 Å². The fourth-order valence-electron chi connectivity index (χ4n) is 3.12. The summed E-state index contributed by atoms with van der Waals surface area (Å²) in [7, 11) is 0. The first kappa shape index (κ1) is 18.8. The molecular weight excluding hydrogens is 392 g/mol. The van der Waals surface area contributed by atoms with Crippen molar-refractivity contribution in [1.82, 2.24) is 9.88 Å². The molecule has 146 valence electrons. The molecule has 1 aromatic heterocycles. The molecule has 1 fully saturated rings. The summed E-state index contributed by atoms with van der Waals surface area (Å²) >= 11 is 0.869. The minimum Gasteiger partial charge on any atom is -0.492 e.